The van der Waals surface area contributed by atoms with Crippen LogP contribution in [0.2, 0.25) is 0 Å². The summed E-state index contributed by atoms with van der Waals surface area (Å²) in [5, 5.41) is 10.4. The summed E-state index contributed by atoms with van der Waals surface area (Å²) in [6, 6.07) is 8.48. The van der Waals surface area contributed by atoms with Gasteiger partial charge in [0.15, 0.2) is 0 Å². The van der Waals surface area contributed by atoms with Gasteiger partial charge in [0.05, 0.1) is 12.4 Å². The van der Waals surface area contributed by atoms with Crippen molar-refractivity contribution < 1.29 is 5.11 Å². The van der Waals surface area contributed by atoms with Gasteiger partial charge in [0, 0.05) is 63.9 Å². The van der Waals surface area contributed by atoms with E-state index in [0.29, 0.717) is 6.54 Å². The van der Waals surface area contributed by atoms with Gasteiger partial charge in [-0.15, -0.1) is 0 Å². The van der Waals surface area contributed by atoms with Crippen molar-refractivity contribution in [2.24, 2.45) is 0 Å². The number of hydrogen-bond acceptors (Lipinski definition) is 5. The monoisotopic (exact) mass is 343 g/mol. The molecule has 1 N–H and O–H groups in total. The zero-order valence-corrected chi connectivity index (χ0v) is 15.3. The Balaban J connectivity index is 1.44. The van der Waals surface area contributed by atoms with E-state index in [4.69, 9.17) is 0 Å². The molecule has 1 aromatic heterocycles. The molecule has 1 aliphatic rings. The zero-order chi connectivity index (χ0) is 17.6. The minimum absolute atomic E-state index is 0.307. The number of likely N-dealkylation sites (N-methyl/N-ethyl adjacent to an activating group) is 2. The molecular formula is C19H29N5O. The second kappa shape index (κ2) is 8.58. The largest absolute Gasteiger partial charge is 0.390 e. The summed E-state index contributed by atoms with van der Waals surface area (Å²) in [5.41, 5.74) is 2.36. The van der Waals surface area contributed by atoms with Crippen LogP contribution in [-0.2, 0) is 6.54 Å². The number of aromatic nitrogens is 2. The van der Waals surface area contributed by atoms with Crippen molar-refractivity contribution in [3.63, 3.8) is 0 Å². The van der Waals surface area contributed by atoms with Crippen LogP contribution in [0, 0.1) is 0 Å². The minimum Gasteiger partial charge on any atom is -0.390 e. The van der Waals surface area contributed by atoms with E-state index in [2.05, 4.69) is 58.0 Å². The smallest absolute Gasteiger partial charge is 0.0991 e. The van der Waals surface area contributed by atoms with E-state index in [1.165, 1.54) is 5.56 Å². The maximum absolute atomic E-state index is 10.4. The Morgan fingerprint density at radius 3 is 2.52 bits per heavy atom. The molecular weight excluding hydrogens is 314 g/mol. The van der Waals surface area contributed by atoms with Gasteiger partial charge in [0.25, 0.3) is 0 Å². The summed E-state index contributed by atoms with van der Waals surface area (Å²) in [7, 11) is 4.22. The van der Waals surface area contributed by atoms with E-state index in [9.17, 15) is 5.11 Å². The molecule has 136 valence electrons. The average molecular weight is 343 g/mol. The van der Waals surface area contributed by atoms with Gasteiger partial charge < -0.3 is 14.6 Å². The average Bonchev–Trinajstić information content (AvgIpc) is 3.12. The molecule has 1 fully saturated rings. The van der Waals surface area contributed by atoms with E-state index in [1.807, 2.05) is 10.8 Å². The van der Waals surface area contributed by atoms with E-state index >= 15 is 0 Å². The van der Waals surface area contributed by atoms with Crippen LogP contribution in [-0.4, -0.2) is 88.8 Å². The molecule has 2 heterocycles. The molecule has 1 aliphatic heterocycles. The molecule has 25 heavy (non-hydrogen) atoms. The molecule has 1 atom stereocenters. The molecule has 0 radical (unpaired) electrons. The Morgan fingerprint density at radius 2 is 1.88 bits per heavy atom. The van der Waals surface area contributed by atoms with Crippen LogP contribution >= 0.6 is 0 Å². The van der Waals surface area contributed by atoms with Crippen molar-refractivity contribution in [1.82, 2.24) is 24.3 Å². The molecule has 6 nitrogen and oxygen atoms in total. The van der Waals surface area contributed by atoms with Gasteiger partial charge in [-0.2, -0.15) is 0 Å². The number of aliphatic hydroxyl groups is 1. The third-order valence-electron chi connectivity index (χ3n) is 4.78. The molecule has 0 spiro atoms. The number of hydrogen-bond donors (Lipinski definition) is 1. The summed E-state index contributed by atoms with van der Waals surface area (Å²) in [4.78, 5) is 11.0. The lowest BCUT2D eigenvalue weighted by molar-refractivity contribution is 0.0594. The first-order valence-electron chi connectivity index (χ1n) is 8.95. The van der Waals surface area contributed by atoms with Gasteiger partial charge in [-0.05, 0) is 31.8 Å². The molecule has 6 heteroatoms. The van der Waals surface area contributed by atoms with Crippen molar-refractivity contribution in [1.29, 1.82) is 0 Å². The summed E-state index contributed by atoms with van der Waals surface area (Å²) in [6.45, 7) is 6.56. The normalized spacial score (nSPS) is 17.9. The molecule has 1 saturated heterocycles. The lowest BCUT2D eigenvalue weighted by Crippen LogP contribution is -2.48. The first kappa shape index (κ1) is 18.1. The highest BCUT2D eigenvalue weighted by Crippen LogP contribution is 2.11. The van der Waals surface area contributed by atoms with Crippen molar-refractivity contribution in [2.75, 3.05) is 53.4 Å². The molecule has 0 amide bonds. The fourth-order valence-corrected chi connectivity index (χ4v) is 3.31. The van der Waals surface area contributed by atoms with Gasteiger partial charge >= 0.3 is 0 Å². The molecule has 0 aliphatic carbocycles. The third kappa shape index (κ3) is 5.37. The second-order valence-corrected chi connectivity index (χ2v) is 7.09. The lowest BCUT2D eigenvalue weighted by Gasteiger charge is -2.34. The van der Waals surface area contributed by atoms with Gasteiger partial charge in [0.1, 0.15) is 0 Å². The summed E-state index contributed by atoms with van der Waals surface area (Å²) < 4.78 is 1.99. The Morgan fingerprint density at radius 1 is 1.16 bits per heavy atom. The van der Waals surface area contributed by atoms with Gasteiger partial charge in [-0.1, -0.05) is 12.1 Å². The number of β-amino-alcohol motifs (C(OH)–C–C–N with tert-alkyl or cyclic N) is 1. The van der Waals surface area contributed by atoms with E-state index in [-0.39, 0.29) is 6.10 Å². The minimum atomic E-state index is -0.307. The molecule has 2 aromatic rings. The van der Waals surface area contributed by atoms with Crippen LogP contribution in [0.25, 0.3) is 5.69 Å². The second-order valence-electron chi connectivity index (χ2n) is 7.09. The molecule has 1 aromatic carbocycles. The van der Waals surface area contributed by atoms with Crippen LogP contribution in [0.3, 0.4) is 0 Å². The Kier molecular flexibility index (Phi) is 6.20. The molecule has 0 saturated carbocycles. The summed E-state index contributed by atoms with van der Waals surface area (Å²) >= 11 is 0. The lowest BCUT2D eigenvalue weighted by atomic mass is 10.2. The topological polar surface area (TPSA) is 47.8 Å². The first-order valence-corrected chi connectivity index (χ1v) is 8.95. The Labute approximate surface area is 150 Å². The maximum atomic E-state index is 10.4. The quantitative estimate of drug-likeness (QED) is 0.810. The maximum Gasteiger partial charge on any atom is 0.0991 e. The Hall–Kier alpha value is -1.73. The van der Waals surface area contributed by atoms with E-state index < -0.39 is 0 Å². The number of benzene rings is 1. The van der Waals surface area contributed by atoms with Crippen molar-refractivity contribution >= 4 is 0 Å². The van der Waals surface area contributed by atoms with Crippen LogP contribution in [0.1, 0.15) is 5.56 Å². The fourth-order valence-electron chi connectivity index (χ4n) is 3.31. The molecule has 1 unspecified atom stereocenters. The highest BCUT2D eigenvalue weighted by atomic mass is 16.3. The number of piperazine rings is 1. The van der Waals surface area contributed by atoms with Crippen LogP contribution < -0.4 is 0 Å². The van der Waals surface area contributed by atoms with Gasteiger partial charge in [-0.3, -0.25) is 9.80 Å². The predicted molar refractivity (Wildman–Crippen MR) is 99.8 cm³/mol. The SMILES string of the molecule is CN1CCN(CC(O)CN(C)Cc2ccc(-n3ccnc3)cc2)CC1. The van der Waals surface area contributed by atoms with Crippen LogP contribution in [0.5, 0.6) is 0 Å². The van der Waals surface area contributed by atoms with Gasteiger partial charge in [0.2, 0.25) is 0 Å². The standard InChI is InChI=1S/C19H29N5O/c1-21-9-11-23(12-10-21)15-19(25)14-22(2)13-17-3-5-18(6-4-17)24-8-7-20-16-24/h3-8,16,19,25H,9-15H2,1-2H3. The fraction of sp³-hybridized carbons (Fsp3) is 0.526. The van der Waals surface area contributed by atoms with E-state index in [1.54, 1.807) is 12.5 Å². The van der Waals surface area contributed by atoms with Crippen molar-refractivity contribution in [3.05, 3.63) is 48.5 Å². The van der Waals surface area contributed by atoms with E-state index in [0.717, 1.165) is 45.0 Å². The summed E-state index contributed by atoms with van der Waals surface area (Å²) in [6.07, 6.45) is 5.22. The van der Waals surface area contributed by atoms with Gasteiger partial charge in [-0.25, -0.2) is 4.98 Å². The number of nitrogens with zero attached hydrogens (tertiary/aromatic N) is 5. The highest BCUT2D eigenvalue weighted by molar-refractivity contribution is 5.34. The Bertz CT molecular complexity index is 620. The molecule has 0 bridgehead atoms. The summed E-state index contributed by atoms with van der Waals surface area (Å²) in [5.74, 6) is 0. The third-order valence-corrected chi connectivity index (χ3v) is 4.78. The first-order chi connectivity index (χ1) is 12.1. The van der Waals surface area contributed by atoms with Crippen molar-refractivity contribution in [3.8, 4) is 5.69 Å². The van der Waals surface area contributed by atoms with Crippen LogP contribution in [0.4, 0.5) is 0 Å². The number of imidazole rings is 1. The number of aliphatic hydroxyl groups excluding tert-OH is 1. The van der Waals surface area contributed by atoms with Crippen LogP contribution in [0.15, 0.2) is 43.0 Å². The van der Waals surface area contributed by atoms with Crippen molar-refractivity contribution in [2.45, 2.75) is 12.6 Å². The zero-order valence-electron chi connectivity index (χ0n) is 15.3. The highest BCUT2D eigenvalue weighted by Gasteiger charge is 2.18. The molecule has 3 rings (SSSR count). The predicted octanol–water partition coefficient (Wildman–Crippen LogP) is 0.912. The number of rotatable bonds is 7.